The number of aromatic hydroxyl groups is 3. The average molecular weight is 461 g/mol. The Hall–Kier alpha value is -1.40. The molecule has 1 unspecified atom stereocenters. The van der Waals surface area contributed by atoms with Crippen LogP contribution in [0.5, 0.6) is 17.2 Å². The zero-order valence-corrected chi connectivity index (χ0v) is 17.2. The van der Waals surface area contributed by atoms with E-state index >= 15 is 0 Å². The second-order valence-corrected chi connectivity index (χ2v) is 6.97. The number of fused-ring (bicyclic) bond motifs is 1. The summed E-state index contributed by atoms with van der Waals surface area (Å²) >= 11 is 12.2. The second-order valence-electron chi connectivity index (χ2n) is 6.19. The van der Waals surface area contributed by atoms with E-state index < -0.39 is 0 Å². The number of phenols is 3. The summed E-state index contributed by atoms with van der Waals surface area (Å²) in [5.41, 5.74) is 2.51. The van der Waals surface area contributed by atoms with E-state index in [0.717, 1.165) is 23.2 Å². The van der Waals surface area contributed by atoms with E-state index in [-0.39, 0.29) is 50.2 Å². The summed E-state index contributed by atoms with van der Waals surface area (Å²) in [5, 5.41) is 30.5. The van der Waals surface area contributed by atoms with Gasteiger partial charge >= 0.3 is 0 Å². The van der Waals surface area contributed by atoms with Gasteiger partial charge in [-0.05, 0) is 41.3 Å². The van der Waals surface area contributed by atoms with Crippen LogP contribution < -0.4 is 0 Å². The van der Waals surface area contributed by atoms with E-state index in [4.69, 9.17) is 23.2 Å². The number of phenolic OH excluding ortho intramolecular Hbond substituents is 3. The number of nitrogens with zero attached hydrogens (tertiary/aromatic N) is 1. The van der Waals surface area contributed by atoms with Crippen LogP contribution in [0.25, 0.3) is 0 Å². The molecule has 0 spiro atoms. The van der Waals surface area contributed by atoms with Gasteiger partial charge in [-0.3, -0.25) is 4.90 Å². The molecule has 4 nitrogen and oxygen atoms in total. The molecule has 1 heterocycles. The monoisotopic (exact) mass is 459 g/mol. The number of hydrogen-bond acceptors (Lipinski definition) is 4. The summed E-state index contributed by atoms with van der Waals surface area (Å²) in [5.74, 6) is -0.668. The fourth-order valence-electron chi connectivity index (χ4n) is 3.35. The standard InChI is InChI=1S/C19H19Cl2NO3.BrH/c1-2-6-22-7-5-12-13(9-17(24)19(25)18(12)21)14(10-22)11-3-4-15(20)16(23)8-11;/h2-4,8-9,14,23-25H,1,5-7,10H2;1H. The van der Waals surface area contributed by atoms with Gasteiger partial charge in [-0.15, -0.1) is 23.6 Å². The van der Waals surface area contributed by atoms with Crippen molar-refractivity contribution in [2.75, 3.05) is 19.6 Å². The van der Waals surface area contributed by atoms with Crippen molar-refractivity contribution in [3.8, 4) is 17.2 Å². The first kappa shape index (κ1) is 20.9. The van der Waals surface area contributed by atoms with Gasteiger partial charge in [0, 0.05) is 25.6 Å². The third kappa shape index (κ3) is 3.96. The van der Waals surface area contributed by atoms with Gasteiger partial charge in [0.1, 0.15) is 5.75 Å². The molecule has 2 aromatic carbocycles. The Morgan fingerprint density at radius 3 is 2.54 bits per heavy atom. The summed E-state index contributed by atoms with van der Waals surface area (Å²) in [6.07, 6.45) is 2.48. The molecule has 0 radical (unpaired) electrons. The lowest BCUT2D eigenvalue weighted by Gasteiger charge is -2.24. The molecular weight excluding hydrogens is 441 g/mol. The molecular formula is C19H20BrCl2NO3. The molecule has 140 valence electrons. The third-order valence-electron chi connectivity index (χ3n) is 4.61. The molecule has 0 saturated heterocycles. The molecule has 0 saturated carbocycles. The van der Waals surface area contributed by atoms with Gasteiger partial charge in [-0.2, -0.15) is 0 Å². The Kier molecular flexibility index (Phi) is 6.86. The fraction of sp³-hybridized carbons (Fsp3) is 0.263. The number of benzene rings is 2. The number of rotatable bonds is 3. The molecule has 1 aliphatic rings. The van der Waals surface area contributed by atoms with Crippen molar-refractivity contribution in [3.63, 3.8) is 0 Å². The van der Waals surface area contributed by atoms with Crippen molar-refractivity contribution < 1.29 is 15.3 Å². The number of halogens is 3. The van der Waals surface area contributed by atoms with Crippen LogP contribution in [-0.2, 0) is 6.42 Å². The molecule has 0 aliphatic carbocycles. The third-order valence-corrected chi connectivity index (χ3v) is 5.34. The van der Waals surface area contributed by atoms with Crippen LogP contribution in [0.3, 0.4) is 0 Å². The van der Waals surface area contributed by atoms with Gasteiger partial charge in [0.2, 0.25) is 0 Å². The minimum Gasteiger partial charge on any atom is -0.506 e. The van der Waals surface area contributed by atoms with Gasteiger partial charge in [-0.25, -0.2) is 0 Å². The van der Waals surface area contributed by atoms with Gasteiger partial charge in [0.25, 0.3) is 0 Å². The Balaban J connectivity index is 0.00000243. The van der Waals surface area contributed by atoms with Gasteiger partial charge in [-0.1, -0.05) is 35.3 Å². The lowest BCUT2D eigenvalue weighted by Crippen LogP contribution is -2.28. The zero-order valence-electron chi connectivity index (χ0n) is 14.0. The SMILES string of the molecule is Br.C=CCN1CCc2c(cc(O)c(O)c2Cl)C(c2ccc(Cl)c(O)c2)C1. The molecule has 0 amide bonds. The minimum atomic E-state index is -0.296. The van der Waals surface area contributed by atoms with Crippen molar-refractivity contribution in [1.29, 1.82) is 0 Å². The predicted molar refractivity (Wildman–Crippen MR) is 110 cm³/mol. The van der Waals surface area contributed by atoms with Gasteiger partial charge < -0.3 is 15.3 Å². The van der Waals surface area contributed by atoms with Gasteiger partial charge in [0.15, 0.2) is 11.5 Å². The lowest BCUT2D eigenvalue weighted by atomic mass is 9.87. The Morgan fingerprint density at radius 2 is 1.88 bits per heavy atom. The molecule has 1 aliphatic heterocycles. The van der Waals surface area contributed by atoms with E-state index in [1.165, 1.54) is 0 Å². The highest BCUT2D eigenvalue weighted by Gasteiger charge is 2.28. The minimum absolute atomic E-state index is 0. The molecule has 3 rings (SSSR count). The summed E-state index contributed by atoms with van der Waals surface area (Å²) in [4.78, 5) is 2.22. The second kappa shape index (κ2) is 8.53. The Bertz CT molecular complexity index is 829. The van der Waals surface area contributed by atoms with Crippen molar-refractivity contribution in [1.82, 2.24) is 4.90 Å². The maximum Gasteiger partial charge on any atom is 0.176 e. The lowest BCUT2D eigenvalue weighted by molar-refractivity contribution is 0.306. The highest BCUT2D eigenvalue weighted by Crippen LogP contribution is 2.44. The highest BCUT2D eigenvalue weighted by atomic mass is 79.9. The first-order valence-corrected chi connectivity index (χ1v) is 8.72. The van der Waals surface area contributed by atoms with Crippen LogP contribution in [0.4, 0.5) is 0 Å². The average Bonchev–Trinajstić information content (AvgIpc) is 2.76. The van der Waals surface area contributed by atoms with Crippen molar-refractivity contribution in [3.05, 3.63) is 63.7 Å². The van der Waals surface area contributed by atoms with E-state index in [2.05, 4.69) is 11.5 Å². The molecule has 0 bridgehead atoms. The van der Waals surface area contributed by atoms with Crippen LogP contribution >= 0.6 is 40.2 Å². The smallest absolute Gasteiger partial charge is 0.176 e. The van der Waals surface area contributed by atoms with Crippen molar-refractivity contribution >= 4 is 40.2 Å². The molecule has 7 heteroatoms. The van der Waals surface area contributed by atoms with E-state index in [9.17, 15) is 15.3 Å². The summed E-state index contributed by atoms with van der Waals surface area (Å²) in [7, 11) is 0. The van der Waals surface area contributed by atoms with Crippen molar-refractivity contribution in [2.24, 2.45) is 0 Å². The van der Waals surface area contributed by atoms with Crippen LogP contribution in [-0.4, -0.2) is 39.9 Å². The molecule has 0 fully saturated rings. The molecule has 26 heavy (non-hydrogen) atoms. The zero-order chi connectivity index (χ0) is 18.1. The number of hydrogen-bond donors (Lipinski definition) is 3. The quantitative estimate of drug-likeness (QED) is 0.451. The maximum absolute atomic E-state index is 10.0. The summed E-state index contributed by atoms with van der Waals surface area (Å²) in [6, 6.07) is 6.69. The highest BCUT2D eigenvalue weighted by molar-refractivity contribution is 8.93. The topological polar surface area (TPSA) is 63.9 Å². The van der Waals surface area contributed by atoms with Crippen LogP contribution in [0.15, 0.2) is 36.9 Å². The van der Waals surface area contributed by atoms with Gasteiger partial charge in [0.05, 0.1) is 10.0 Å². The Morgan fingerprint density at radius 1 is 1.15 bits per heavy atom. The van der Waals surface area contributed by atoms with Crippen LogP contribution in [0.1, 0.15) is 22.6 Å². The Labute approximate surface area is 173 Å². The van der Waals surface area contributed by atoms with E-state index in [1.54, 1.807) is 18.2 Å². The fourth-order valence-corrected chi connectivity index (χ4v) is 3.77. The van der Waals surface area contributed by atoms with E-state index in [1.807, 2.05) is 12.1 Å². The summed E-state index contributed by atoms with van der Waals surface area (Å²) < 4.78 is 0. The molecule has 2 aromatic rings. The van der Waals surface area contributed by atoms with Crippen LogP contribution in [0, 0.1) is 0 Å². The van der Waals surface area contributed by atoms with Crippen LogP contribution in [0.2, 0.25) is 10.0 Å². The molecule has 3 N–H and O–H groups in total. The predicted octanol–water partition coefficient (Wildman–Crippen LogP) is 4.86. The molecule has 0 aromatic heterocycles. The van der Waals surface area contributed by atoms with E-state index in [0.29, 0.717) is 19.5 Å². The first-order valence-electron chi connectivity index (χ1n) is 7.97. The normalized spacial score (nSPS) is 17.1. The van der Waals surface area contributed by atoms with Crippen molar-refractivity contribution in [2.45, 2.75) is 12.3 Å². The first-order chi connectivity index (χ1) is 11.9. The molecule has 1 atom stereocenters. The summed E-state index contributed by atoms with van der Waals surface area (Å²) in [6.45, 7) is 5.92. The largest absolute Gasteiger partial charge is 0.506 e. The maximum atomic E-state index is 10.0.